The molecule has 8 heteroatoms. The first-order valence-corrected chi connectivity index (χ1v) is 8.77. The molecular weight excluding hydrogens is 382 g/mol. The summed E-state index contributed by atoms with van der Waals surface area (Å²) in [4.78, 5) is 26.1. The first kappa shape index (κ1) is 21.8. The van der Waals surface area contributed by atoms with Crippen molar-refractivity contribution in [2.45, 2.75) is 26.9 Å². The average Bonchev–Trinajstić information content (AvgIpc) is 2.65. The molecule has 1 amide bonds. The molecule has 152 valence electrons. The van der Waals surface area contributed by atoms with Gasteiger partial charge in [-0.1, -0.05) is 6.07 Å². The van der Waals surface area contributed by atoms with Gasteiger partial charge in [0.1, 0.15) is 5.75 Å². The quantitative estimate of drug-likeness (QED) is 0.624. The van der Waals surface area contributed by atoms with Gasteiger partial charge in [0.15, 0.2) is 6.61 Å². The lowest BCUT2D eigenvalue weighted by atomic mass is 10.1. The molecule has 0 fully saturated rings. The maximum absolute atomic E-state index is 12.6. The van der Waals surface area contributed by atoms with Crippen molar-refractivity contribution < 1.29 is 27.8 Å². The van der Waals surface area contributed by atoms with Crippen LogP contribution in [0.2, 0.25) is 0 Å². The Kier molecular flexibility index (Phi) is 7.66. The zero-order valence-electron chi connectivity index (χ0n) is 16.0. The van der Waals surface area contributed by atoms with Crippen LogP contribution >= 0.6 is 0 Å². The molecule has 0 N–H and O–H groups in total. The highest BCUT2D eigenvalue weighted by atomic mass is 19.3. The van der Waals surface area contributed by atoms with Crippen molar-refractivity contribution in [2.75, 3.05) is 18.1 Å². The van der Waals surface area contributed by atoms with Gasteiger partial charge in [0.05, 0.1) is 18.1 Å². The molecule has 0 aliphatic rings. The second-order valence-corrected chi connectivity index (χ2v) is 6.28. The van der Waals surface area contributed by atoms with Crippen molar-refractivity contribution in [3.63, 3.8) is 0 Å². The van der Waals surface area contributed by atoms with Gasteiger partial charge in [-0.05, 0) is 61.4 Å². The summed E-state index contributed by atoms with van der Waals surface area (Å²) in [6.45, 7) is 0.465. The number of ether oxygens (including phenoxy) is 2. The number of hydrogen-bond acceptors (Lipinski definition) is 5. The van der Waals surface area contributed by atoms with Gasteiger partial charge in [-0.25, -0.2) is 4.79 Å². The van der Waals surface area contributed by atoms with Gasteiger partial charge in [0.2, 0.25) is 0 Å². The summed E-state index contributed by atoms with van der Waals surface area (Å²) in [6.07, 6.45) is 0.123. The van der Waals surface area contributed by atoms with E-state index in [2.05, 4.69) is 4.74 Å². The molecule has 2 aromatic rings. The number of rotatable bonds is 8. The van der Waals surface area contributed by atoms with E-state index in [1.54, 1.807) is 0 Å². The fourth-order valence-corrected chi connectivity index (χ4v) is 2.73. The molecule has 6 nitrogen and oxygen atoms in total. The van der Waals surface area contributed by atoms with Gasteiger partial charge in [-0.15, -0.1) is 0 Å². The van der Waals surface area contributed by atoms with Crippen molar-refractivity contribution >= 4 is 17.6 Å². The number of esters is 1. The van der Waals surface area contributed by atoms with E-state index < -0.39 is 25.1 Å². The fourth-order valence-electron chi connectivity index (χ4n) is 2.73. The van der Waals surface area contributed by atoms with Gasteiger partial charge in [0.25, 0.3) is 5.91 Å². The summed E-state index contributed by atoms with van der Waals surface area (Å²) >= 11 is 0. The Labute approximate surface area is 167 Å². The van der Waals surface area contributed by atoms with E-state index in [0.717, 1.165) is 11.1 Å². The fraction of sp³-hybridized carbons (Fsp3) is 0.286. The third kappa shape index (κ3) is 6.57. The normalized spacial score (nSPS) is 10.3. The lowest BCUT2D eigenvalue weighted by Gasteiger charge is -2.22. The summed E-state index contributed by atoms with van der Waals surface area (Å²) in [7, 11) is 0. The lowest BCUT2D eigenvalue weighted by molar-refractivity contribution is -0.121. The van der Waals surface area contributed by atoms with Gasteiger partial charge in [-0.2, -0.15) is 14.0 Å². The van der Waals surface area contributed by atoms with Crippen LogP contribution in [0.5, 0.6) is 5.75 Å². The molecule has 0 heterocycles. The topological polar surface area (TPSA) is 79.6 Å². The van der Waals surface area contributed by atoms with Gasteiger partial charge >= 0.3 is 12.6 Å². The maximum atomic E-state index is 12.6. The second-order valence-electron chi connectivity index (χ2n) is 6.28. The molecule has 2 rings (SSSR count). The number of hydrogen-bond donors (Lipinski definition) is 0. The molecule has 0 aromatic heterocycles. The molecular formula is C21H20F2N2O4. The number of carbonyl (C=O) groups excluding carboxylic acids is 2. The highest BCUT2D eigenvalue weighted by Gasteiger charge is 2.19. The lowest BCUT2D eigenvalue weighted by Crippen LogP contribution is -2.35. The van der Waals surface area contributed by atoms with Crippen LogP contribution in [-0.2, 0) is 9.53 Å². The molecule has 0 aliphatic carbocycles. The molecule has 0 bridgehead atoms. The predicted octanol–water partition coefficient (Wildman–Crippen LogP) is 4.01. The Morgan fingerprint density at radius 2 is 1.72 bits per heavy atom. The van der Waals surface area contributed by atoms with Crippen LogP contribution in [0.1, 0.15) is 27.9 Å². The zero-order valence-corrected chi connectivity index (χ0v) is 16.0. The van der Waals surface area contributed by atoms with Gasteiger partial charge < -0.3 is 14.4 Å². The molecule has 0 atom stereocenters. The number of nitrogens with zero attached hydrogens (tertiary/aromatic N) is 2. The smallest absolute Gasteiger partial charge is 0.387 e. The van der Waals surface area contributed by atoms with E-state index in [1.807, 2.05) is 38.1 Å². The van der Waals surface area contributed by atoms with Gasteiger partial charge in [-0.3, -0.25) is 4.79 Å². The number of aryl methyl sites for hydroxylation is 2. The van der Waals surface area contributed by atoms with Gasteiger partial charge in [0, 0.05) is 12.2 Å². The van der Waals surface area contributed by atoms with Crippen molar-refractivity contribution in [3.05, 3.63) is 59.2 Å². The molecule has 0 saturated carbocycles. The van der Waals surface area contributed by atoms with E-state index in [9.17, 15) is 18.4 Å². The SMILES string of the molecule is Cc1cc(C)cc(N(CCC#N)C(=O)COC(=O)c2ccc(OC(F)F)cc2)c1. The van der Waals surface area contributed by atoms with E-state index in [0.29, 0.717) is 5.69 Å². The van der Waals surface area contributed by atoms with Crippen molar-refractivity contribution in [1.82, 2.24) is 0 Å². The minimum atomic E-state index is -2.96. The number of halogens is 2. The van der Waals surface area contributed by atoms with Crippen LogP contribution < -0.4 is 9.64 Å². The molecule has 0 aliphatic heterocycles. The first-order valence-electron chi connectivity index (χ1n) is 8.77. The number of alkyl halides is 2. The second kappa shape index (κ2) is 10.2. The van der Waals surface area contributed by atoms with E-state index in [4.69, 9.17) is 10.00 Å². The summed E-state index contributed by atoms with van der Waals surface area (Å²) < 4.78 is 33.6. The Bertz CT molecular complexity index is 888. The minimum Gasteiger partial charge on any atom is -0.452 e. The molecule has 2 aromatic carbocycles. The zero-order chi connectivity index (χ0) is 21.4. The van der Waals surface area contributed by atoms with Crippen LogP contribution in [0.3, 0.4) is 0 Å². The predicted molar refractivity (Wildman–Crippen MR) is 102 cm³/mol. The molecule has 0 spiro atoms. The van der Waals surface area contributed by atoms with E-state index in [-0.39, 0.29) is 24.3 Å². The first-order chi connectivity index (χ1) is 13.8. The number of amides is 1. The minimum absolute atomic E-state index is 0.0920. The molecule has 0 saturated heterocycles. The standard InChI is InChI=1S/C21H20F2N2O4/c1-14-10-15(2)12-17(11-14)25(9-3-8-24)19(26)13-28-20(27)16-4-6-18(7-5-16)29-21(22)23/h4-7,10-12,21H,3,9,13H2,1-2H3. The van der Waals surface area contributed by atoms with Crippen LogP contribution in [0.4, 0.5) is 14.5 Å². The van der Waals surface area contributed by atoms with Crippen molar-refractivity contribution in [1.29, 1.82) is 5.26 Å². The van der Waals surface area contributed by atoms with Crippen LogP contribution in [-0.4, -0.2) is 31.6 Å². The largest absolute Gasteiger partial charge is 0.452 e. The van der Waals surface area contributed by atoms with Crippen LogP contribution in [0, 0.1) is 25.2 Å². The molecule has 29 heavy (non-hydrogen) atoms. The summed E-state index contributed by atoms with van der Waals surface area (Å²) in [5.41, 5.74) is 2.62. The number of carbonyl (C=O) groups is 2. The Hall–Kier alpha value is -3.47. The monoisotopic (exact) mass is 402 g/mol. The molecule has 0 radical (unpaired) electrons. The summed E-state index contributed by atoms with van der Waals surface area (Å²) in [5, 5.41) is 8.87. The van der Waals surface area contributed by atoms with Crippen LogP contribution in [0.15, 0.2) is 42.5 Å². The summed E-state index contributed by atoms with van der Waals surface area (Å²) in [6, 6.07) is 12.5. The Morgan fingerprint density at radius 3 is 2.28 bits per heavy atom. The number of nitriles is 1. The average molecular weight is 402 g/mol. The van der Waals surface area contributed by atoms with Crippen LogP contribution in [0.25, 0.3) is 0 Å². The van der Waals surface area contributed by atoms with E-state index in [1.165, 1.54) is 29.2 Å². The third-order valence-corrected chi connectivity index (χ3v) is 3.91. The molecule has 0 unspecified atom stereocenters. The Morgan fingerprint density at radius 1 is 1.10 bits per heavy atom. The Balaban J connectivity index is 2.05. The third-order valence-electron chi connectivity index (χ3n) is 3.91. The van der Waals surface area contributed by atoms with Crippen molar-refractivity contribution in [3.8, 4) is 11.8 Å². The highest BCUT2D eigenvalue weighted by molar-refractivity contribution is 5.97. The summed E-state index contributed by atoms with van der Waals surface area (Å²) in [5.74, 6) is -1.34. The number of anilines is 1. The highest BCUT2D eigenvalue weighted by Crippen LogP contribution is 2.20. The number of benzene rings is 2. The van der Waals surface area contributed by atoms with E-state index >= 15 is 0 Å². The maximum Gasteiger partial charge on any atom is 0.387 e. The van der Waals surface area contributed by atoms with Crippen molar-refractivity contribution in [2.24, 2.45) is 0 Å².